The van der Waals surface area contributed by atoms with Crippen molar-refractivity contribution in [2.24, 2.45) is 0 Å². The Kier molecular flexibility index (Phi) is 3.88. The number of aromatic amines is 1. The zero-order valence-electron chi connectivity index (χ0n) is 9.23. The Morgan fingerprint density at radius 1 is 1.38 bits per heavy atom. The van der Waals surface area contributed by atoms with E-state index in [0.29, 0.717) is 0 Å². The van der Waals surface area contributed by atoms with Crippen molar-refractivity contribution in [2.75, 3.05) is 11.6 Å². The van der Waals surface area contributed by atoms with Gasteiger partial charge in [0.2, 0.25) is 0 Å². The minimum Gasteiger partial charge on any atom is -0.379 e. The van der Waals surface area contributed by atoms with E-state index in [2.05, 4.69) is 46.0 Å². The summed E-state index contributed by atoms with van der Waals surface area (Å²) < 4.78 is 0. The number of aromatic nitrogens is 2. The number of thioether (sulfide) groups is 1. The highest BCUT2D eigenvalue weighted by molar-refractivity contribution is 7.97. The molecule has 0 spiro atoms. The van der Waals surface area contributed by atoms with Gasteiger partial charge in [0.25, 0.3) is 0 Å². The molecule has 0 saturated heterocycles. The molecule has 0 bridgehead atoms. The van der Waals surface area contributed by atoms with E-state index in [1.165, 1.54) is 5.56 Å². The molecule has 0 amide bonds. The molecule has 3 nitrogen and oxygen atoms in total. The van der Waals surface area contributed by atoms with Crippen LogP contribution < -0.4 is 5.32 Å². The summed E-state index contributed by atoms with van der Waals surface area (Å²) in [6, 6.07) is 10.5. The second-order valence-corrected chi connectivity index (χ2v) is 4.43. The molecule has 1 heterocycles. The molecule has 2 N–H and O–H groups in total. The van der Waals surface area contributed by atoms with Gasteiger partial charge in [-0.05, 0) is 30.0 Å². The molecule has 0 aliphatic carbocycles. The van der Waals surface area contributed by atoms with Gasteiger partial charge in [0.15, 0.2) is 0 Å². The number of nitrogens with one attached hydrogen (secondary N) is 2. The average molecular weight is 233 g/mol. The fraction of sp³-hybridized carbons (Fsp3) is 0.250. The van der Waals surface area contributed by atoms with E-state index in [1.54, 1.807) is 6.20 Å². The van der Waals surface area contributed by atoms with E-state index in [0.717, 1.165) is 23.7 Å². The Hall–Kier alpha value is -1.42. The minimum absolute atomic E-state index is 0.780. The number of hydrogen-bond donors (Lipinski definition) is 2. The number of hydrogen-bond acceptors (Lipinski definition) is 3. The van der Waals surface area contributed by atoms with E-state index in [1.807, 2.05) is 17.8 Å². The van der Waals surface area contributed by atoms with E-state index in [9.17, 15) is 0 Å². The maximum Gasteiger partial charge on any atom is 0.0567 e. The van der Waals surface area contributed by atoms with E-state index < -0.39 is 0 Å². The van der Waals surface area contributed by atoms with Gasteiger partial charge in [0.05, 0.1) is 12.2 Å². The Bertz CT molecular complexity index is 426. The summed E-state index contributed by atoms with van der Waals surface area (Å²) in [6.45, 7) is 0.780. The van der Waals surface area contributed by atoms with Crippen molar-refractivity contribution in [3.63, 3.8) is 0 Å². The Balaban J connectivity index is 1.96. The van der Waals surface area contributed by atoms with Crippen molar-refractivity contribution in [2.45, 2.75) is 12.3 Å². The van der Waals surface area contributed by atoms with Crippen LogP contribution in [0.3, 0.4) is 0 Å². The normalized spacial score (nSPS) is 10.3. The molecule has 0 unspecified atom stereocenters. The highest BCUT2D eigenvalue weighted by atomic mass is 32.2. The molecule has 2 rings (SSSR count). The van der Waals surface area contributed by atoms with Crippen molar-refractivity contribution in [1.29, 1.82) is 0 Å². The standard InChI is InChI=1S/C12H15N3S/c1-16-9-10-3-2-4-11(7-10)13-8-12-5-6-14-15-12/h2-7,13H,8-9H2,1H3,(H,14,15). The summed E-state index contributed by atoms with van der Waals surface area (Å²) in [5.74, 6) is 1.06. The van der Waals surface area contributed by atoms with Crippen LogP contribution in [0.2, 0.25) is 0 Å². The van der Waals surface area contributed by atoms with Crippen molar-refractivity contribution in [3.8, 4) is 0 Å². The third-order valence-corrected chi connectivity index (χ3v) is 2.90. The molecule has 4 heteroatoms. The molecule has 0 radical (unpaired) electrons. The molecule has 0 fully saturated rings. The Morgan fingerprint density at radius 2 is 2.31 bits per heavy atom. The summed E-state index contributed by atoms with van der Waals surface area (Å²) in [6.07, 6.45) is 3.88. The smallest absolute Gasteiger partial charge is 0.0567 e. The predicted molar refractivity (Wildman–Crippen MR) is 69.6 cm³/mol. The molecule has 16 heavy (non-hydrogen) atoms. The first-order valence-electron chi connectivity index (χ1n) is 5.18. The first kappa shape index (κ1) is 11.1. The van der Waals surface area contributed by atoms with E-state index >= 15 is 0 Å². The summed E-state index contributed by atoms with van der Waals surface area (Å²) in [7, 11) is 0. The number of H-pyrrole nitrogens is 1. The first-order chi connectivity index (χ1) is 7.88. The lowest BCUT2D eigenvalue weighted by molar-refractivity contribution is 0.981. The Morgan fingerprint density at radius 3 is 3.06 bits per heavy atom. The summed E-state index contributed by atoms with van der Waals surface area (Å²) >= 11 is 1.84. The average Bonchev–Trinajstić information content (AvgIpc) is 2.80. The first-order valence-corrected chi connectivity index (χ1v) is 6.58. The van der Waals surface area contributed by atoms with Crippen LogP contribution in [0, 0.1) is 0 Å². The molecular weight excluding hydrogens is 218 g/mol. The van der Waals surface area contributed by atoms with Gasteiger partial charge in [-0.1, -0.05) is 12.1 Å². The molecule has 1 aromatic carbocycles. The van der Waals surface area contributed by atoms with Crippen LogP contribution >= 0.6 is 11.8 Å². The minimum atomic E-state index is 0.780. The van der Waals surface area contributed by atoms with Crippen molar-refractivity contribution >= 4 is 17.4 Å². The van der Waals surface area contributed by atoms with Crippen LogP contribution in [0.1, 0.15) is 11.3 Å². The summed E-state index contributed by atoms with van der Waals surface area (Å²) in [4.78, 5) is 0. The van der Waals surface area contributed by atoms with Crippen LogP contribution in [0.25, 0.3) is 0 Å². The lowest BCUT2D eigenvalue weighted by Gasteiger charge is -2.06. The molecular formula is C12H15N3S. The van der Waals surface area contributed by atoms with Crippen LogP contribution in [0.5, 0.6) is 0 Å². The summed E-state index contributed by atoms with van der Waals surface area (Å²) in [5, 5.41) is 10.2. The zero-order valence-corrected chi connectivity index (χ0v) is 10.1. The van der Waals surface area contributed by atoms with Crippen molar-refractivity contribution in [1.82, 2.24) is 10.2 Å². The van der Waals surface area contributed by atoms with Crippen LogP contribution in [-0.4, -0.2) is 16.5 Å². The van der Waals surface area contributed by atoms with E-state index in [4.69, 9.17) is 0 Å². The monoisotopic (exact) mass is 233 g/mol. The number of nitrogens with zero attached hydrogens (tertiary/aromatic N) is 1. The summed E-state index contributed by atoms with van der Waals surface area (Å²) in [5.41, 5.74) is 3.60. The maximum atomic E-state index is 3.91. The lowest BCUT2D eigenvalue weighted by atomic mass is 10.2. The van der Waals surface area contributed by atoms with Gasteiger partial charge in [-0.3, -0.25) is 5.10 Å². The van der Waals surface area contributed by atoms with E-state index in [-0.39, 0.29) is 0 Å². The SMILES string of the molecule is CSCc1cccc(NCc2ccn[nH]2)c1. The zero-order chi connectivity index (χ0) is 11.2. The second-order valence-electron chi connectivity index (χ2n) is 3.57. The maximum absolute atomic E-state index is 3.91. The third-order valence-electron chi connectivity index (χ3n) is 2.28. The lowest BCUT2D eigenvalue weighted by Crippen LogP contribution is -2.00. The fourth-order valence-corrected chi connectivity index (χ4v) is 2.03. The van der Waals surface area contributed by atoms with Gasteiger partial charge in [-0.15, -0.1) is 0 Å². The van der Waals surface area contributed by atoms with Gasteiger partial charge in [-0.2, -0.15) is 16.9 Å². The van der Waals surface area contributed by atoms with Gasteiger partial charge in [-0.25, -0.2) is 0 Å². The van der Waals surface area contributed by atoms with Gasteiger partial charge >= 0.3 is 0 Å². The molecule has 2 aromatic rings. The van der Waals surface area contributed by atoms with Crippen molar-refractivity contribution < 1.29 is 0 Å². The largest absolute Gasteiger partial charge is 0.379 e. The number of anilines is 1. The number of benzene rings is 1. The highest BCUT2D eigenvalue weighted by Crippen LogP contribution is 2.15. The number of rotatable bonds is 5. The van der Waals surface area contributed by atoms with Crippen LogP contribution in [0.15, 0.2) is 36.5 Å². The van der Waals surface area contributed by atoms with Gasteiger partial charge in [0.1, 0.15) is 0 Å². The molecule has 0 atom stereocenters. The molecule has 0 aliphatic heterocycles. The van der Waals surface area contributed by atoms with Crippen molar-refractivity contribution in [3.05, 3.63) is 47.8 Å². The quantitative estimate of drug-likeness (QED) is 0.834. The van der Waals surface area contributed by atoms with Crippen LogP contribution in [-0.2, 0) is 12.3 Å². The molecule has 1 aromatic heterocycles. The predicted octanol–water partition coefficient (Wildman–Crippen LogP) is 2.88. The second kappa shape index (κ2) is 5.61. The highest BCUT2D eigenvalue weighted by Gasteiger charge is 1.96. The molecule has 0 saturated carbocycles. The van der Waals surface area contributed by atoms with Gasteiger partial charge in [0, 0.05) is 17.6 Å². The molecule has 0 aliphatic rings. The fourth-order valence-electron chi connectivity index (χ4n) is 1.52. The topological polar surface area (TPSA) is 40.7 Å². The third kappa shape index (κ3) is 3.03. The van der Waals surface area contributed by atoms with Gasteiger partial charge < -0.3 is 5.32 Å². The van der Waals surface area contributed by atoms with Crippen LogP contribution in [0.4, 0.5) is 5.69 Å². The Labute approximate surface area is 99.7 Å². The molecule has 84 valence electrons.